The largest absolute Gasteiger partial charge is 0.462 e. The van der Waals surface area contributed by atoms with Crippen molar-refractivity contribution < 1.29 is 9.53 Å². The lowest BCUT2D eigenvalue weighted by Crippen LogP contribution is -2.27. The molecule has 0 bridgehead atoms. The molecule has 1 aliphatic carbocycles. The SMILES string of the molecule is CCOC(=O)c1ccc(CCCNCC2CCC(C)CC2)cc1. The highest BCUT2D eigenvalue weighted by molar-refractivity contribution is 5.89. The van der Waals surface area contributed by atoms with Crippen LogP contribution in [0.2, 0.25) is 0 Å². The van der Waals surface area contributed by atoms with Crippen molar-refractivity contribution in [3.63, 3.8) is 0 Å². The van der Waals surface area contributed by atoms with Crippen LogP contribution in [0.25, 0.3) is 0 Å². The summed E-state index contributed by atoms with van der Waals surface area (Å²) in [5, 5.41) is 3.61. The van der Waals surface area contributed by atoms with Gasteiger partial charge in [-0.15, -0.1) is 0 Å². The van der Waals surface area contributed by atoms with Crippen molar-refractivity contribution in [3.8, 4) is 0 Å². The Morgan fingerprint density at radius 3 is 2.52 bits per heavy atom. The number of carbonyl (C=O) groups excluding carboxylic acids is 1. The van der Waals surface area contributed by atoms with E-state index in [1.165, 1.54) is 37.8 Å². The molecule has 1 aromatic rings. The molecule has 23 heavy (non-hydrogen) atoms. The van der Waals surface area contributed by atoms with E-state index in [1.54, 1.807) is 0 Å². The number of hydrogen-bond acceptors (Lipinski definition) is 3. The Morgan fingerprint density at radius 2 is 1.87 bits per heavy atom. The molecule has 0 heterocycles. The fourth-order valence-electron chi connectivity index (χ4n) is 3.28. The van der Waals surface area contributed by atoms with Crippen LogP contribution < -0.4 is 5.32 Å². The first-order chi connectivity index (χ1) is 11.2. The zero-order valence-electron chi connectivity index (χ0n) is 14.6. The average molecular weight is 317 g/mol. The maximum Gasteiger partial charge on any atom is 0.338 e. The summed E-state index contributed by atoms with van der Waals surface area (Å²) in [7, 11) is 0. The maximum absolute atomic E-state index is 11.6. The fraction of sp³-hybridized carbons (Fsp3) is 0.650. The average Bonchev–Trinajstić information content (AvgIpc) is 2.57. The Hall–Kier alpha value is -1.35. The molecular formula is C20H31NO2. The molecular weight excluding hydrogens is 286 g/mol. The first-order valence-corrected chi connectivity index (χ1v) is 9.15. The second-order valence-corrected chi connectivity index (χ2v) is 6.85. The van der Waals surface area contributed by atoms with Gasteiger partial charge in [-0.2, -0.15) is 0 Å². The fourth-order valence-corrected chi connectivity index (χ4v) is 3.28. The van der Waals surface area contributed by atoms with E-state index in [-0.39, 0.29) is 5.97 Å². The summed E-state index contributed by atoms with van der Waals surface area (Å²) in [6.07, 6.45) is 7.78. The van der Waals surface area contributed by atoms with E-state index >= 15 is 0 Å². The van der Waals surface area contributed by atoms with Crippen molar-refractivity contribution in [2.45, 2.75) is 52.4 Å². The molecule has 0 radical (unpaired) electrons. The van der Waals surface area contributed by atoms with Gasteiger partial charge >= 0.3 is 5.97 Å². The standard InChI is InChI=1S/C20H31NO2/c1-3-23-20(22)19-12-10-17(11-13-19)5-4-14-21-15-18-8-6-16(2)7-9-18/h10-13,16,18,21H,3-9,14-15H2,1-2H3. The van der Waals surface area contributed by atoms with Gasteiger partial charge in [0, 0.05) is 0 Å². The predicted molar refractivity (Wildman–Crippen MR) is 94.7 cm³/mol. The normalized spacial score (nSPS) is 21.1. The molecule has 1 aromatic carbocycles. The molecule has 0 aromatic heterocycles. The summed E-state index contributed by atoms with van der Waals surface area (Å²) in [5.74, 6) is 1.58. The minimum Gasteiger partial charge on any atom is -0.462 e. The number of aryl methyl sites for hydroxylation is 1. The van der Waals surface area contributed by atoms with Crippen molar-refractivity contribution in [2.24, 2.45) is 11.8 Å². The lowest BCUT2D eigenvalue weighted by molar-refractivity contribution is 0.0526. The molecule has 1 fully saturated rings. The van der Waals surface area contributed by atoms with E-state index < -0.39 is 0 Å². The van der Waals surface area contributed by atoms with Crippen molar-refractivity contribution in [1.82, 2.24) is 5.32 Å². The van der Waals surface area contributed by atoms with E-state index in [1.807, 2.05) is 31.2 Å². The third-order valence-electron chi connectivity index (χ3n) is 4.85. The zero-order valence-corrected chi connectivity index (χ0v) is 14.6. The van der Waals surface area contributed by atoms with Gasteiger partial charge in [0.1, 0.15) is 0 Å². The van der Waals surface area contributed by atoms with Crippen LogP contribution in [0, 0.1) is 11.8 Å². The summed E-state index contributed by atoms with van der Waals surface area (Å²) in [4.78, 5) is 11.6. The highest BCUT2D eigenvalue weighted by Gasteiger charge is 2.17. The molecule has 1 aliphatic rings. The van der Waals surface area contributed by atoms with E-state index in [4.69, 9.17) is 4.74 Å². The second kappa shape index (κ2) is 9.71. The van der Waals surface area contributed by atoms with Crippen LogP contribution in [0.1, 0.15) is 61.9 Å². The molecule has 0 spiro atoms. The van der Waals surface area contributed by atoms with Gasteiger partial charge in [0.2, 0.25) is 0 Å². The molecule has 1 N–H and O–H groups in total. The first-order valence-electron chi connectivity index (χ1n) is 9.15. The predicted octanol–water partition coefficient (Wildman–Crippen LogP) is 4.21. The molecule has 128 valence electrons. The lowest BCUT2D eigenvalue weighted by Gasteiger charge is -2.26. The van der Waals surface area contributed by atoms with Gasteiger partial charge in [-0.3, -0.25) is 0 Å². The topological polar surface area (TPSA) is 38.3 Å². The van der Waals surface area contributed by atoms with Crippen molar-refractivity contribution in [2.75, 3.05) is 19.7 Å². The summed E-state index contributed by atoms with van der Waals surface area (Å²) >= 11 is 0. The highest BCUT2D eigenvalue weighted by atomic mass is 16.5. The monoisotopic (exact) mass is 317 g/mol. The lowest BCUT2D eigenvalue weighted by atomic mass is 9.83. The minimum atomic E-state index is -0.234. The second-order valence-electron chi connectivity index (χ2n) is 6.85. The maximum atomic E-state index is 11.6. The van der Waals surface area contributed by atoms with Crippen molar-refractivity contribution >= 4 is 5.97 Å². The molecule has 3 heteroatoms. The Kier molecular flexibility index (Phi) is 7.60. The molecule has 0 saturated heterocycles. The molecule has 0 atom stereocenters. The van der Waals surface area contributed by atoms with E-state index in [2.05, 4.69) is 12.2 Å². The Labute approximate surface area is 140 Å². The van der Waals surface area contributed by atoms with Crippen molar-refractivity contribution in [3.05, 3.63) is 35.4 Å². The van der Waals surface area contributed by atoms with Crippen molar-refractivity contribution in [1.29, 1.82) is 0 Å². The van der Waals surface area contributed by atoms with Gasteiger partial charge in [0.05, 0.1) is 12.2 Å². The van der Waals surface area contributed by atoms with Gasteiger partial charge in [0.25, 0.3) is 0 Å². The summed E-state index contributed by atoms with van der Waals surface area (Å²) in [6, 6.07) is 7.80. The number of hydrogen-bond donors (Lipinski definition) is 1. The minimum absolute atomic E-state index is 0.234. The third kappa shape index (κ3) is 6.34. The number of carbonyl (C=O) groups is 1. The summed E-state index contributed by atoms with van der Waals surface area (Å²) < 4.78 is 5.00. The van der Waals surface area contributed by atoms with Crippen LogP contribution in [0.5, 0.6) is 0 Å². The highest BCUT2D eigenvalue weighted by Crippen LogP contribution is 2.27. The van der Waals surface area contributed by atoms with Gasteiger partial charge in [-0.05, 0) is 75.2 Å². The van der Waals surface area contributed by atoms with Crippen LogP contribution in [0.15, 0.2) is 24.3 Å². The Morgan fingerprint density at radius 1 is 1.17 bits per heavy atom. The Bertz CT molecular complexity index is 461. The molecule has 2 rings (SSSR count). The summed E-state index contributed by atoms with van der Waals surface area (Å²) in [6.45, 7) is 6.87. The van der Waals surface area contributed by atoms with Crippen LogP contribution >= 0.6 is 0 Å². The van der Waals surface area contributed by atoms with E-state index in [0.29, 0.717) is 12.2 Å². The Balaban J connectivity index is 1.60. The number of nitrogens with one attached hydrogen (secondary N) is 1. The van der Waals surface area contributed by atoms with Gasteiger partial charge in [-0.1, -0.05) is 31.9 Å². The van der Waals surface area contributed by atoms with Crippen LogP contribution in [-0.2, 0) is 11.2 Å². The van der Waals surface area contributed by atoms with Crippen LogP contribution in [0.4, 0.5) is 0 Å². The smallest absolute Gasteiger partial charge is 0.338 e. The first kappa shape index (κ1) is 18.0. The molecule has 3 nitrogen and oxygen atoms in total. The van der Waals surface area contributed by atoms with Gasteiger partial charge in [-0.25, -0.2) is 4.79 Å². The van der Waals surface area contributed by atoms with E-state index in [9.17, 15) is 4.79 Å². The number of esters is 1. The van der Waals surface area contributed by atoms with E-state index in [0.717, 1.165) is 31.2 Å². The third-order valence-corrected chi connectivity index (χ3v) is 4.85. The number of rotatable bonds is 8. The van der Waals surface area contributed by atoms with Gasteiger partial charge in [0.15, 0.2) is 0 Å². The number of ether oxygens (including phenoxy) is 1. The number of benzene rings is 1. The summed E-state index contributed by atoms with van der Waals surface area (Å²) in [5.41, 5.74) is 1.92. The van der Waals surface area contributed by atoms with Gasteiger partial charge < -0.3 is 10.1 Å². The molecule has 0 unspecified atom stereocenters. The molecule has 0 amide bonds. The molecule has 0 aliphatic heterocycles. The molecule has 1 saturated carbocycles. The van der Waals surface area contributed by atoms with Crippen LogP contribution in [0.3, 0.4) is 0 Å². The quantitative estimate of drug-likeness (QED) is 0.576. The zero-order chi connectivity index (χ0) is 16.5. The van der Waals surface area contributed by atoms with Crippen LogP contribution in [-0.4, -0.2) is 25.7 Å².